The van der Waals surface area contributed by atoms with E-state index < -0.39 is 0 Å². The van der Waals surface area contributed by atoms with Crippen molar-refractivity contribution in [1.29, 1.82) is 0 Å². The number of carbonyl (C=O) groups excluding carboxylic acids is 2. The van der Waals surface area contributed by atoms with Crippen molar-refractivity contribution in [3.05, 3.63) is 64.3 Å². The van der Waals surface area contributed by atoms with Gasteiger partial charge in [-0.1, -0.05) is 29.8 Å². The van der Waals surface area contributed by atoms with Gasteiger partial charge in [-0.05, 0) is 82.6 Å². The molecule has 2 heterocycles. The van der Waals surface area contributed by atoms with Crippen LogP contribution in [-0.2, 0) is 9.59 Å². The molecule has 6 heteroatoms. The van der Waals surface area contributed by atoms with Gasteiger partial charge < -0.3 is 14.5 Å². The maximum Gasteiger partial charge on any atom is 0.282 e. The summed E-state index contributed by atoms with van der Waals surface area (Å²) >= 11 is 0. The van der Waals surface area contributed by atoms with E-state index in [1.54, 1.807) is 13.2 Å². The van der Waals surface area contributed by atoms with E-state index in [0.29, 0.717) is 22.7 Å². The zero-order valence-electron chi connectivity index (χ0n) is 20.4. The van der Waals surface area contributed by atoms with E-state index in [-0.39, 0.29) is 17.9 Å². The monoisotopic (exact) mass is 447 g/mol. The van der Waals surface area contributed by atoms with Crippen LogP contribution in [0.15, 0.2) is 42.1 Å². The molecule has 0 unspecified atom stereocenters. The van der Waals surface area contributed by atoms with E-state index >= 15 is 0 Å². The van der Waals surface area contributed by atoms with Crippen molar-refractivity contribution in [2.45, 2.75) is 39.7 Å². The summed E-state index contributed by atoms with van der Waals surface area (Å²) in [6.45, 7) is 7.91. The molecule has 0 aliphatic carbocycles. The molecule has 2 aromatic carbocycles. The number of carbonyl (C=O) groups is 2. The zero-order chi connectivity index (χ0) is 23.9. The highest BCUT2D eigenvalue weighted by Crippen LogP contribution is 2.40. The summed E-state index contributed by atoms with van der Waals surface area (Å²) in [7, 11) is 5.63. The van der Waals surface area contributed by atoms with Crippen LogP contribution >= 0.6 is 0 Å². The molecule has 1 fully saturated rings. The molecule has 0 radical (unpaired) electrons. The van der Waals surface area contributed by atoms with Crippen LogP contribution in [-0.4, -0.2) is 62.0 Å². The quantitative estimate of drug-likeness (QED) is 0.650. The molecule has 0 saturated carbocycles. The second-order valence-electron chi connectivity index (χ2n) is 9.31. The predicted molar refractivity (Wildman–Crippen MR) is 131 cm³/mol. The van der Waals surface area contributed by atoms with Gasteiger partial charge in [-0.15, -0.1) is 0 Å². The van der Waals surface area contributed by atoms with Crippen LogP contribution in [0.3, 0.4) is 0 Å². The molecule has 0 N–H and O–H groups in total. The average Bonchev–Trinajstić information content (AvgIpc) is 3.03. The summed E-state index contributed by atoms with van der Waals surface area (Å²) in [5.41, 5.74) is 5.31. The van der Waals surface area contributed by atoms with Crippen molar-refractivity contribution in [2.24, 2.45) is 0 Å². The van der Waals surface area contributed by atoms with Crippen molar-refractivity contribution < 1.29 is 14.3 Å². The molecule has 6 nitrogen and oxygen atoms in total. The molecule has 2 aliphatic heterocycles. The number of nitrogens with zero attached hydrogens (tertiary/aromatic N) is 3. The van der Waals surface area contributed by atoms with Gasteiger partial charge >= 0.3 is 0 Å². The Morgan fingerprint density at radius 1 is 0.939 bits per heavy atom. The van der Waals surface area contributed by atoms with Crippen LogP contribution in [0.4, 0.5) is 5.69 Å². The minimum Gasteiger partial charge on any atom is -0.495 e. The molecule has 174 valence electrons. The van der Waals surface area contributed by atoms with E-state index in [2.05, 4.69) is 18.0 Å². The molecule has 4 rings (SSSR count). The Morgan fingerprint density at radius 2 is 1.58 bits per heavy atom. The van der Waals surface area contributed by atoms with E-state index in [1.165, 1.54) is 4.90 Å². The zero-order valence-corrected chi connectivity index (χ0v) is 20.4. The second-order valence-corrected chi connectivity index (χ2v) is 9.31. The Hall–Kier alpha value is -3.12. The van der Waals surface area contributed by atoms with Gasteiger partial charge in [0, 0.05) is 13.1 Å². The highest BCUT2D eigenvalue weighted by molar-refractivity contribution is 6.45. The molecule has 0 spiro atoms. The van der Waals surface area contributed by atoms with Crippen molar-refractivity contribution in [2.75, 3.05) is 39.2 Å². The number of benzene rings is 2. The van der Waals surface area contributed by atoms with Crippen LogP contribution in [0.2, 0.25) is 0 Å². The van der Waals surface area contributed by atoms with Gasteiger partial charge in [0.15, 0.2) is 0 Å². The maximum absolute atomic E-state index is 13.9. The van der Waals surface area contributed by atoms with Gasteiger partial charge in [-0.3, -0.25) is 9.59 Å². The highest BCUT2D eigenvalue weighted by Gasteiger charge is 2.44. The molecular weight excluding hydrogens is 414 g/mol. The minimum atomic E-state index is -0.300. The molecule has 0 aromatic heterocycles. The first-order valence-electron chi connectivity index (χ1n) is 11.5. The number of anilines is 1. The lowest BCUT2D eigenvalue weighted by atomic mass is 9.96. The summed E-state index contributed by atoms with van der Waals surface area (Å²) in [5.74, 6) is -0.0867. The molecule has 0 bridgehead atoms. The Labute approximate surface area is 196 Å². The lowest BCUT2D eigenvalue weighted by molar-refractivity contribution is -0.120. The van der Waals surface area contributed by atoms with Gasteiger partial charge in [-0.2, -0.15) is 0 Å². The summed E-state index contributed by atoms with van der Waals surface area (Å²) < 4.78 is 5.53. The molecular formula is C27H33N3O3. The van der Waals surface area contributed by atoms with Gasteiger partial charge in [0.1, 0.15) is 11.4 Å². The Balaban J connectivity index is 1.86. The minimum absolute atomic E-state index is 0.202. The van der Waals surface area contributed by atoms with Crippen molar-refractivity contribution in [1.82, 2.24) is 9.80 Å². The van der Waals surface area contributed by atoms with Crippen LogP contribution in [0.1, 0.15) is 35.1 Å². The standard InChI is InChI=1S/C27H33N3O3/c1-17-7-9-21(19(3)15-17)24-25(29(5)20-11-13-28(4)14-12-20)27(32)30(26(24)31)22-16-18(2)8-10-23(22)33-6/h7-10,15-16,20H,11-14H2,1-6H3. The second kappa shape index (κ2) is 9.02. The molecule has 33 heavy (non-hydrogen) atoms. The number of methoxy groups -OCH3 is 1. The number of amides is 2. The lowest BCUT2D eigenvalue weighted by Crippen LogP contribution is -2.43. The van der Waals surface area contributed by atoms with Crippen LogP contribution in [0.5, 0.6) is 5.75 Å². The topological polar surface area (TPSA) is 53.1 Å². The summed E-state index contributed by atoms with van der Waals surface area (Å²) in [6.07, 6.45) is 1.90. The number of imide groups is 1. The van der Waals surface area contributed by atoms with Crippen LogP contribution in [0.25, 0.3) is 5.57 Å². The van der Waals surface area contributed by atoms with E-state index in [1.807, 2.05) is 57.0 Å². The fraction of sp³-hybridized carbons (Fsp3) is 0.407. The van der Waals surface area contributed by atoms with Crippen LogP contribution < -0.4 is 9.64 Å². The van der Waals surface area contributed by atoms with E-state index in [9.17, 15) is 9.59 Å². The fourth-order valence-electron chi connectivity index (χ4n) is 4.94. The SMILES string of the molecule is COc1ccc(C)cc1N1C(=O)C(c2ccc(C)cc2C)=C(N(C)C2CCN(C)CC2)C1=O. The normalized spacial score (nSPS) is 17.8. The number of piperidine rings is 1. The number of aryl methyl sites for hydroxylation is 3. The number of ether oxygens (including phenoxy) is 1. The molecule has 2 aromatic rings. The predicted octanol–water partition coefficient (Wildman–Crippen LogP) is 3.93. The third-order valence-corrected chi connectivity index (χ3v) is 6.87. The van der Waals surface area contributed by atoms with E-state index in [4.69, 9.17) is 4.74 Å². The highest BCUT2D eigenvalue weighted by atomic mass is 16.5. The van der Waals surface area contributed by atoms with Crippen LogP contribution in [0, 0.1) is 20.8 Å². The largest absolute Gasteiger partial charge is 0.495 e. The first-order valence-corrected chi connectivity index (χ1v) is 11.5. The summed E-state index contributed by atoms with van der Waals surface area (Å²) in [6, 6.07) is 11.8. The third kappa shape index (κ3) is 4.15. The van der Waals surface area contributed by atoms with Gasteiger partial charge in [0.05, 0.1) is 18.4 Å². The van der Waals surface area contributed by atoms with E-state index in [0.717, 1.165) is 48.2 Å². The Morgan fingerprint density at radius 3 is 2.21 bits per heavy atom. The van der Waals surface area contributed by atoms with Crippen molar-refractivity contribution >= 4 is 23.1 Å². The number of hydrogen-bond donors (Lipinski definition) is 0. The maximum atomic E-state index is 13.9. The van der Waals surface area contributed by atoms with Gasteiger partial charge in [0.25, 0.3) is 11.8 Å². The first-order chi connectivity index (χ1) is 15.7. The molecule has 2 amide bonds. The van der Waals surface area contributed by atoms with Crippen molar-refractivity contribution in [3.8, 4) is 5.75 Å². The molecule has 2 aliphatic rings. The smallest absolute Gasteiger partial charge is 0.282 e. The Kier molecular flexibility index (Phi) is 6.30. The first kappa shape index (κ1) is 23.1. The Bertz CT molecular complexity index is 1130. The average molecular weight is 448 g/mol. The van der Waals surface area contributed by atoms with Gasteiger partial charge in [-0.25, -0.2) is 4.90 Å². The lowest BCUT2D eigenvalue weighted by Gasteiger charge is -2.36. The fourth-order valence-corrected chi connectivity index (χ4v) is 4.94. The summed E-state index contributed by atoms with van der Waals surface area (Å²) in [5, 5.41) is 0. The number of rotatable bonds is 5. The third-order valence-electron chi connectivity index (χ3n) is 6.87. The van der Waals surface area contributed by atoms with Crippen molar-refractivity contribution in [3.63, 3.8) is 0 Å². The number of hydrogen-bond acceptors (Lipinski definition) is 5. The van der Waals surface area contributed by atoms with Gasteiger partial charge in [0.2, 0.25) is 0 Å². The number of likely N-dealkylation sites (N-methyl/N-ethyl adjacent to an activating group) is 1. The molecule has 1 saturated heterocycles. The summed E-state index contributed by atoms with van der Waals surface area (Å²) in [4.78, 5) is 33.5. The molecule has 0 atom stereocenters. The number of likely N-dealkylation sites (tertiary alicyclic amines) is 1.